The molecule has 2 aliphatic heterocycles. The van der Waals surface area contributed by atoms with Crippen molar-refractivity contribution >= 4 is 90.0 Å². The molecule has 0 amide bonds. The molecule has 0 saturated heterocycles. The van der Waals surface area contributed by atoms with Crippen LogP contribution in [0, 0.1) is 12.7 Å². The summed E-state index contributed by atoms with van der Waals surface area (Å²) >= 11 is 0. The minimum absolute atomic E-state index is 0.0630. The predicted octanol–water partition coefficient (Wildman–Crippen LogP) is 10.3. The van der Waals surface area contributed by atoms with E-state index in [0.717, 1.165) is 51.5 Å². The maximum Gasteiger partial charge on any atom is 0.253 e. The Morgan fingerprint density at radius 3 is 2.20 bits per heavy atom. The van der Waals surface area contributed by atoms with Crippen molar-refractivity contribution in [1.82, 2.24) is 4.57 Å². The third-order valence-electron chi connectivity index (χ3n) is 11.8. The maximum atomic E-state index is 14.5. The fourth-order valence-electron chi connectivity index (χ4n) is 8.68. The van der Waals surface area contributed by atoms with Crippen molar-refractivity contribution in [2.75, 3.05) is 9.80 Å². The Hall–Kier alpha value is -5.75. The molecular formula is C45H37BFN3O. The van der Waals surface area contributed by atoms with Crippen LogP contribution in [0.3, 0.4) is 0 Å². The van der Waals surface area contributed by atoms with E-state index in [4.69, 9.17) is 4.42 Å². The zero-order chi connectivity index (χ0) is 34.8. The zero-order valence-electron chi connectivity index (χ0n) is 29.5. The molecule has 4 nitrogen and oxygen atoms in total. The molecule has 6 heteroatoms. The molecule has 0 aliphatic carbocycles. The number of aryl methyl sites for hydroxylation is 2. The lowest BCUT2D eigenvalue weighted by Crippen LogP contribution is -2.61. The predicted molar refractivity (Wildman–Crippen MR) is 212 cm³/mol. The number of hydrogen-bond donors (Lipinski definition) is 0. The first kappa shape index (κ1) is 30.1. The van der Waals surface area contributed by atoms with Crippen LogP contribution in [0.4, 0.5) is 38.5 Å². The van der Waals surface area contributed by atoms with Gasteiger partial charge in [-0.05, 0) is 114 Å². The van der Waals surface area contributed by atoms with E-state index >= 15 is 0 Å². The van der Waals surface area contributed by atoms with Gasteiger partial charge < -0.3 is 18.8 Å². The topological polar surface area (TPSA) is 24.6 Å². The lowest BCUT2D eigenvalue weighted by Gasteiger charge is -2.44. The Morgan fingerprint density at radius 2 is 1.43 bits per heavy atom. The molecule has 0 bridgehead atoms. The third kappa shape index (κ3) is 4.13. The summed E-state index contributed by atoms with van der Waals surface area (Å²) < 4.78 is 23.2. The Morgan fingerprint density at radius 1 is 0.725 bits per heavy atom. The normalized spacial score (nSPS) is 13.6. The average molecular weight is 666 g/mol. The van der Waals surface area contributed by atoms with Crippen molar-refractivity contribution in [2.45, 2.75) is 39.5 Å². The van der Waals surface area contributed by atoms with Gasteiger partial charge >= 0.3 is 0 Å². The Bertz CT molecular complexity index is 2700. The maximum absolute atomic E-state index is 14.5. The summed E-state index contributed by atoms with van der Waals surface area (Å²) in [5.74, 6) is -0.249. The Labute approximate surface area is 297 Å². The quantitative estimate of drug-likeness (QED) is 0.175. The van der Waals surface area contributed by atoms with Gasteiger partial charge in [-0.3, -0.25) is 0 Å². The summed E-state index contributed by atoms with van der Waals surface area (Å²) in [7, 11) is 2.19. The van der Waals surface area contributed by atoms with Gasteiger partial charge in [-0.25, -0.2) is 4.39 Å². The number of rotatable bonds is 4. The highest BCUT2D eigenvalue weighted by Gasteiger charge is 2.45. The first-order valence-electron chi connectivity index (χ1n) is 17.9. The number of furan rings is 1. The summed E-state index contributed by atoms with van der Waals surface area (Å²) in [6, 6.07) is 40.4. The van der Waals surface area contributed by atoms with Crippen molar-refractivity contribution in [2.24, 2.45) is 7.05 Å². The van der Waals surface area contributed by atoms with Crippen LogP contribution in [0.5, 0.6) is 0 Å². The highest BCUT2D eigenvalue weighted by Crippen LogP contribution is 2.47. The first-order valence-corrected chi connectivity index (χ1v) is 17.9. The molecule has 2 aliphatic rings. The molecule has 0 saturated carbocycles. The molecule has 51 heavy (non-hydrogen) atoms. The van der Waals surface area contributed by atoms with Gasteiger partial charge in [-0.2, -0.15) is 0 Å². The van der Waals surface area contributed by atoms with Gasteiger partial charge in [-0.15, -0.1) is 0 Å². The monoisotopic (exact) mass is 665 g/mol. The molecule has 0 spiro atoms. The van der Waals surface area contributed by atoms with E-state index in [0.29, 0.717) is 0 Å². The molecular weight excluding hydrogens is 628 g/mol. The second-order valence-corrected chi connectivity index (χ2v) is 14.9. The molecule has 248 valence electrons. The van der Waals surface area contributed by atoms with Crippen molar-refractivity contribution in [3.63, 3.8) is 0 Å². The summed E-state index contributed by atoms with van der Waals surface area (Å²) in [5.41, 5.74) is 16.0. The lowest BCUT2D eigenvalue weighted by atomic mass is 9.33. The first-order chi connectivity index (χ1) is 24.7. The minimum atomic E-state index is -0.249. The van der Waals surface area contributed by atoms with Gasteiger partial charge in [0.1, 0.15) is 5.82 Å². The van der Waals surface area contributed by atoms with E-state index in [1.165, 1.54) is 49.3 Å². The summed E-state index contributed by atoms with van der Waals surface area (Å²) in [6.45, 7) is 8.95. The van der Waals surface area contributed by atoms with E-state index < -0.39 is 0 Å². The largest absolute Gasteiger partial charge is 0.462 e. The molecule has 0 atom stereocenters. The van der Waals surface area contributed by atoms with Crippen LogP contribution in [-0.4, -0.2) is 11.3 Å². The number of halogens is 1. The zero-order valence-corrected chi connectivity index (χ0v) is 29.5. The number of aromatic nitrogens is 1. The SMILES string of the molecule is CCC(C)(C)c1ccc2c3c4c(ccc3n(C)c2c1)N(c1ccc(F)cc1)c1cccc2c1B4c1ccc3ccoc3c1N2c1ccc(C)cc1. The molecule has 6 aromatic carbocycles. The second kappa shape index (κ2) is 10.6. The summed E-state index contributed by atoms with van der Waals surface area (Å²) in [6.07, 6.45) is 2.86. The van der Waals surface area contributed by atoms with E-state index in [2.05, 4.69) is 140 Å². The summed E-state index contributed by atoms with van der Waals surface area (Å²) in [4.78, 5) is 4.72. The standard InChI is InChI=1S/C45H37BFN3O/c1-6-45(3,4)29-13-20-33-39(26-29)48(5)35-22-23-38-42(40(33)35)46-34-21-12-28-24-25-51-44(28)43(34)50(32-16-10-27(2)11-17-32)37-9-7-8-36(41(37)46)49(38)31-18-14-30(47)15-19-31/h7-26H,6H2,1-5H3. The molecule has 0 unspecified atom stereocenters. The highest BCUT2D eigenvalue weighted by atomic mass is 19.1. The van der Waals surface area contributed by atoms with Gasteiger partial charge in [0.05, 0.1) is 12.0 Å². The highest BCUT2D eigenvalue weighted by molar-refractivity contribution is 7.02. The van der Waals surface area contributed by atoms with Crippen LogP contribution in [0.1, 0.15) is 38.3 Å². The van der Waals surface area contributed by atoms with Crippen LogP contribution in [0.2, 0.25) is 0 Å². The van der Waals surface area contributed by atoms with Gasteiger partial charge in [0, 0.05) is 62.7 Å². The van der Waals surface area contributed by atoms with E-state index in [-0.39, 0.29) is 17.9 Å². The Kier molecular flexibility index (Phi) is 6.28. The molecule has 8 aromatic rings. The number of fused-ring (bicyclic) bond motifs is 10. The van der Waals surface area contributed by atoms with Crippen molar-refractivity contribution < 1.29 is 8.81 Å². The van der Waals surface area contributed by atoms with E-state index in [1.54, 1.807) is 18.4 Å². The molecule has 2 aromatic heterocycles. The molecule has 0 N–H and O–H groups in total. The molecule has 0 fully saturated rings. The molecule has 4 heterocycles. The van der Waals surface area contributed by atoms with Crippen molar-refractivity contribution in [3.8, 4) is 0 Å². The minimum Gasteiger partial charge on any atom is -0.462 e. The van der Waals surface area contributed by atoms with Crippen molar-refractivity contribution in [3.05, 3.63) is 138 Å². The number of benzene rings is 6. The smallest absolute Gasteiger partial charge is 0.253 e. The Balaban J connectivity index is 1.36. The average Bonchev–Trinajstić information content (AvgIpc) is 3.75. The van der Waals surface area contributed by atoms with E-state index in [1.807, 2.05) is 12.1 Å². The van der Waals surface area contributed by atoms with Gasteiger partial charge in [0.2, 0.25) is 0 Å². The van der Waals surface area contributed by atoms with Gasteiger partial charge in [0.15, 0.2) is 5.58 Å². The van der Waals surface area contributed by atoms with Crippen LogP contribution < -0.4 is 26.2 Å². The van der Waals surface area contributed by atoms with Gasteiger partial charge in [0.25, 0.3) is 6.71 Å². The number of anilines is 6. The third-order valence-corrected chi connectivity index (χ3v) is 11.8. The summed E-state index contributed by atoms with van der Waals surface area (Å²) in [5, 5.41) is 3.56. The van der Waals surface area contributed by atoms with Crippen molar-refractivity contribution in [1.29, 1.82) is 0 Å². The fraction of sp³-hybridized carbons (Fsp3) is 0.156. The second-order valence-electron chi connectivity index (χ2n) is 14.9. The van der Waals surface area contributed by atoms with Gasteiger partial charge in [-0.1, -0.05) is 68.8 Å². The fourth-order valence-corrected chi connectivity index (χ4v) is 8.68. The molecule has 10 rings (SSSR count). The van der Waals surface area contributed by atoms with E-state index in [9.17, 15) is 4.39 Å². The van der Waals surface area contributed by atoms with Crippen LogP contribution in [0.25, 0.3) is 32.8 Å². The molecule has 0 radical (unpaired) electrons. The number of nitrogens with zero attached hydrogens (tertiary/aromatic N) is 3. The van der Waals surface area contributed by atoms with Crippen LogP contribution in [-0.2, 0) is 12.5 Å². The van der Waals surface area contributed by atoms with Crippen LogP contribution in [0.15, 0.2) is 126 Å². The van der Waals surface area contributed by atoms with Crippen LogP contribution >= 0.6 is 0 Å². The lowest BCUT2D eigenvalue weighted by molar-refractivity contribution is 0.507. The number of hydrogen-bond acceptors (Lipinski definition) is 3.